The highest BCUT2D eigenvalue weighted by Crippen LogP contribution is 2.40. The van der Waals surface area contributed by atoms with Gasteiger partial charge in [-0.2, -0.15) is 0 Å². The number of halogens is 3. The fraction of sp³-hybridized carbons (Fsp3) is 0.389. The molecule has 30 heavy (non-hydrogen) atoms. The molecule has 2 aliphatic rings. The number of hydrogen-bond acceptors (Lipinski definition) is 7. The van der Waals surface area contributed by atoms with Crippen molar-refractivity contribution in [3.63, 3.8) is 0 Å². The number of rotatable bonds is 6. The standard InChI is InChI=1S/C18H15Cl3N2O6S/c19-18(20,21)9-29-17(27)14-10(6-24)8-30-16-13(15(26)23(14)16)22-12(25)7-28-11-4-2-1-3-5-11/h1-5,13-14,16H,7-9H2,(H,22,25)/t13?,14?,16-/m1/s1. The Morgan fingerprint density at radius 3 is 2.60 bits per heavy atom. The Labute approximate surface area is 190 Å². The lowest BCUT2D eigenvalue weighted by Crippen LogP contribution is -2.75. The molecule has 2 heterocycles. The van der Waals surface area contributed by atoms with Crippen LogP contribution in [0.1, 0.15) is 0 Å². The van der Waals surface area contributed by atoms with E-state index < -0.39 is 45.6 Å². The summed E-state index contributed by atoms with van der Waals surface area (Å²) in [6, 6.07) is 6.59. The number of carbonyl (C=O) groups excluding carboxylic acids is 4. The number of esters is 1. The quantitative estimate of drug-likeness (QED) is 0.277. The fourth-order valence-electron chi connectivity index (χ4n) is 2.95. The Morgan fingerprint density at radius 1 is 1.27 bits per heavy atom. The summed E-state index contributed by atoms with van der Waals surface area (Å²) in [6.07, 6.45) is 0. The van der Waals surface area contributed by atoms with Crippen LogP contribution in [0.4, 0.5) is 0 Å². The van der Waals surface area contributed by atoms with Crippen molar-refractivity contribution in [3.8, 4) is 5.75 Å². The lowest BCUT2D eigenvalue weighted by atomic mass is 9.98. The van der Waals surface area contributed by atoms with Crippen LogP contribution in [0.2, 0.25) is 0 Å². The van der Waals surface area contributed by atoms with E-state index in [9.17, 15) is 19.2 Å². The van der Waals surface area contributed by atoms with E-state index in [2.05, 4.69) is 5.32 Å². The molecule has 160 valence electrons. The first kappa shape index (κ1) is 22.8. The molecule has 1 aromatic carbocycles. The summed E-state index contributed by atoms with van der Waals surface area (Å²) < 4.78 is 8.46. The predicted octanol–water partition coefficient (Wildman–Crippen LogP) is 1.51. The Morgan fingerprint density at radius 2 is 1.97 bits per heavy atom. The number of nitrogens with zero attached hydrogens (tertiary/aromatic N) is 1. The largest absolute Gasteiger partial charge is 0.484 e. The number of para-hydroxylation sites is 1. The second kappa shape index (κ2) is 9.49. The van der Waals surface area contributed by atoms with E-state index in [0.717, 1.165) is 4.90 Å². The van der Waals surface area contributed by atoms with E-state index in [1.54, 1.807) is 30.2 Å². The third-order valence-electron chi connectivity index (χ3n) is 4.26. The first-order valence-corrected chi connectivity index (χ1v) is 10.8. The number of hydrogen-bond donors (Lipinski definition) is 1. The molecule has 0 spiro atoms. The smallest absolute Gasteiger partial charge is 0.334 e. The number of benzene rings is 1. The number of ether oxygens (including phenoxy) is 2. The molecule has 1 aromatic rings. The van der Waals surface area contributed by atoms with Crippen molar-refractivity contribution in [2.75, 3.05) is 19.0 Å². The number of carbonyl (C=O) groups is 3. The molecule has 12 heteroatoms. The first-order chi connectivity index (χ1) is 14.2. The topological polar surface area (TPSA) is 102 Å². The molecule has 1 N–H and O–H groups in total. The molecule has 0 radical (unpaired) electrons. The molecule has 2 saturated heterocycles. The van der Waals surface area contributed by atoms with E-state index >= 15 is 0 Å². The minimum atomic E-state index is -1.84. The molecule has 2 aliphatic heterocycles. The predicted molar refractivity (Wildman–Crippen MR) is 111 cm³/mol. The second-order valence-electron chi connectivity index (χ2n) is 6.35. The summed E-state index contributed by atoms with van der Waals surface area (Å²) in [5, 5.41) is 2.03. The van der Waals surface area contributed by atoms with Crippen LogP contribution in [0.25, 0.3) is 0 Å². The number of alkyl halides is 3. The van der Waals surface area contributed by atoms with Gasteiger partial charge in [-0.05, 0) is 12.1 Å². The minimum Gasteiger partial charge on any atom is -0.484 e. The van der Waals surface area contributed by atoms with Gasteiger partial charge in [-0.1, -0.05) is 53.0 Å². The Hall–Kier alpha value is -1.90. The molecule has 0 aliphatic carbocycles. The van der Waals surface area contributed by atoms with E-state index in [0.29, 0.717) is 5.75 Å². The Balaban J connectivity index is 1.61. The monoisotopic (exact) mass is 492 g/mol. The van der Waals surface area contributed by atoms with E-state index in [1.165, 1.54) is 11.8 Å². The van der Waals surface area contributed by atoms with Crippen molar-refractivity contribution >= 4 is 70.3 Å². The highest BCUT2D eigenvalue weighted by Gasteiger charge is 2.57. The van der Waals surface area contributed by atoms with Crippen LogP contribution in [0.5, 0.6) is 5.75 Å². The van der Waals surface area contributed by atoms with E-state index in [-0.39, 0.29) is 17.9 Å². The third kappa shape index (κ3) is 5.22. The van der Waals surface area contributed by atoms with Gasteiger partial charge in [0.2, 0.25) is 9.70 Å². The molecule has 3 rings (SSSR count). The summed E-state index contributed by atoms with van der Waals surface area (Å²) in [7, 11) is 0. The van der Waals surface area contributed by atoms with Crippen LogP contribution in [-0.4, -0.2) is 68.8 Å². The number of β-lactam (4-membered cyclic amide) rings is 1. The minimum absolute atomic E-state index is 0.0381. The summed E-state index contributed by atoms with van der Waals surface area (Å²) in [5.74, 6) is 0.386. The maximum Gasteiger partial charge on any atom is 0.334 e. The second-order valence-corrected chi connectivity index (χ2v) is 9.97. The first-order valence-electron chi connectivity index (χ1n) is 8.59. The molecular weight excluding hydrogens is 479 g/mol. The van der Waals surface area contributed by atoms with Gasteiger partial charge in [-0.15, -0.1) is 11.8 Å². The SMILES string of the molecule is O=C=C1CS[C@@H]2C(NC(=O)COc3ccccc3)C(=O)N2C1C(=O)OCC(Cl)(Cl)Cl. The lowest BCUT2D eigenvalue weighted by molar-refractivity contribution is -0.163. The molecule has 0 saturated carbocycles. The highest BCUT2D eigenvalue weighted by molar-refractivity contribution is 8.00. The van der Waals surface area contributed by atoms with Crippen molar-refractivity contribution < 1.29 is 28.7 Å². The zero-order valence-corrected chi connectivity index (χ0v) is 18.3. The zero-order valence-electron chi connectivity index (χ0n) is 15.2. The van der Waals surface area contributed by atoms with Gasteiger partial charge in [0.05, 0.1) is 5.57 Å². The molecule has 2 amide bonds. The molecular formula is C18H15Cl3N2O6S. The molecule has 3 atom stereocenters. The number of thioether (sulfide) groups is 1. The molecule has 0 bridgehead atoms. The van der Waals surface area contributed by atoms with Gasteiger partial charge in [0.25, 0.3) is 5.91 Å². The van der Waals surface area contributed by atoms with Gasteiger partial charge in [0, 0.05) is 5.75 Å². The van der Waals surface area contributed by atoms with Crippen molar-refractivity contribution in [2.45, 2.75) is 21.3 Å². The summed E-state index contributed by atoms with van der Waals surface area (Å²) in [5.41, 5.74) is 0.0381. The van der Waals surface area contributed by atoms with Gasteiger partial charge in [0.15, 0.2) is 12.6 Å². The lowest BCUT2D eigenvalue weighted by Gasteiger charge is -2.52. The highest BCUT2D eigenvalue weighted by atomic mass is 35.6. The molecule has 2 fully saturated rings. The molecule has 8 nitrogen and oxygen atoms in total. The van der Waals surface area contributed by atoms with Crippen molar-refractivity contribution in [1.29, 1.82) is 0 Å². The van der Waals surface area contributed by atoms with Crippen LogP contribution in [-0.2, 0) is 23.9 Å². The average Bonchev–Trinajstić information content (AvgIpc) is 2.73. The molecule has 0 aromatic heterocycles. The zero-order chi connectivity index (χ0) is 21.9. The maximum absolute atomic E-state index is 12.6. The summed E-state index contributed by atoms with van der Waals surface area (Å²) in [4.78, 5) is 49.6. The van der Waals surface area contributed by atoms with Crippen LogP contribution in [0.3, 0.4) is 0 Å². The van der Waals surface area contributed by atoms with Crippen LogP contribution < -0.4 is 10.1 Å². The maximum atomic E-state index is 12.6. The van der Waals surface area contributed by atoms with E-state index in [1.807, 2.05) is 6.07 Å². The van der Waals surface area contributed by atoms with Gasteiger partial charge in [-0.25, -0.2) is 9.59 Å². The van der Waals surface area contributed by atoms with Crippen molar-refractivity contribution in [1.82, 2.24) is 10.2 Å². The third-order valence-corrected chi connectivity index (χ3v) is 5.91. The van der Waals surface area contributed by atoms with Crippen LogP contribution >= 0.6 is 46.6 Å². The summed E-state index contributed by atoms with van der Waals surface area (Å²) >= 11 is 17.9. The van der Waals surface area contributed by atoms with E-state index in [4.69, 9.17) is 44.3 Å². The Kier molecular flexibility index (Phi) is 7.21. The Bertz CT molecular complexity index is 888. The number of nitrogens with one attached hydrogen (secondary N) is 1. The van der Waals surface area contributed by atoms with Gasteiger partial charge < -0.3 is 19.7 Å². The average molecular weight is 494 g/mol. The van der Waals surface area contributed by atoms with Gasteiger partial charge in [-0.3, -0.25) is 9.59 Å². The van der Waals surface area contributed by atoms with Crippen LogP contribution in [0.15, 0.2) is 35.9 Å². The normalized spacial score (nSPS) is 23.0. The van der Waals surface area contributed by atoms with Crippen LogP contribution in [0, 0.1) is 0 Å². The number of amides is 2. The van der Waals surface area contributed by atoms with Gasteiger partial charge in [0.1, 0.15) is 29.7 Å². The fourth-order valence-corrected chi connectivity index (χ4v) is 4.44. The summed E-state index contributed by atoms with van der Waals surface area (Å²) in [6.45, 7) is -0.824. The van der Waals surface area contributed by atoms with Gasteiger partial charge >= 0.3 is 5.97 Å². The van der Waals surface area contributed by atoms with Crippen molar-refractivity contribution in [2.24, 2.45) is 0 Å². The molecule has 2 unspecified atom stereocenters. The number of fused-ring (bicyclic) bond motifs is 1. The van der Waals surface area contributed by atoms with Crippen molar-refractivity contribution in [3.05, 3.63) is 35.9 Å².